The fraction of sp³-hybridized carbons (Fsp3) is 0.350. The van der Waals surface area contributed by atoms with Crippen LogP contribution in [0.4, 0.5) is 5.69 Å². The van der Waals surface area contributed by atoms with Crippen molar-refractivity contribution in [1.29, 1.82) is 0 Å². The third-order valence-corrected chi connectivity index (χ3v) is 7.34. The molecule has 0 saturated carbocycles. The van der Waals surface area contributed by atoms with Crippen LogP contribution in [0.15, 0.2) is 33.5 Å². The molecule has 1 amide bonds. The number of fused-ring (bicyclic) bond motifs is 3. The first kappa shape index (κ1) is 19.7. The lowest BCUT2D eigenvalue weighted by Gasteiger charge is -2.09. The molecule has 0 unspecified atom stereocenters. The van der Waals surface area contributed by atoms with E-state index in [1.807, 2.05) is 24.3 Å². The summed E-state index contributed by atoms with van der Waals surface area (Å²) in [6.07, 6.45) is 4.81. The van der Waals surface area contributed by atoms with Gasteiger partial charge in [0.2, 0.25) is 5.91 Å². The van der Waals surface area contributed by atoms with Gasteiger partial charge in [-0.05, 0) is 49.4 Å². The lowest BCUT2D eigenvalue weighted by Crippen LogP contribution is -2.13. The number of hydrogen-bond donors (Lipinski definition) is 2. The van der Waals surface area contributed by atoms with Crippen LogP contribution in [0.3, 0.4) is 0 Å². The Morgan fingerprint density at radius 2 is 2.18 bits per heavy atom. The fourth-order valence-corrected chi connectivity index (χ4v) is 5.88. The van der Waals surface area contributed by atoms with Crippen LogP contribution in [0.25, 0.3) is 10.2 Å². The Morgan fingerprint density at radius 3 is 3.04 bits per heavy atom. The van der Waals surface area contributed by atoms with Crippen LogP contribution in [0.2, 0.25) is 0 Å². The first-order valence-electron chi connectivity index (χ1n) is 9.27. The summed E-state index contributed by atoms with van der Waals surface area (Å²) in [7, 11) is 0. The Bertz CT molecular complexity index is 1080. The zero-order valence-electron chi connectivity index (χ0n) is 15.2. The summed E-state index contributed by atoms with van der Waals surface area (Å²) in [5.41, 5.74) is 1.97. The number of H-pyrrole nitrogens is 1. The number of halogens is 1. The number of nitrogens with one attached hydrogen (secondary N) is 2. The fourth-order valence-electron chi connectivity index (χ4n) is 3.40. The summed E-state index contributed by atoms with van der Waals surface area (Å²) in [5.74, 6) is 1.93. The first-order chi connectivity index (χ1) is 13.6. The molecule has 2 aromatic heterocycles. The predicted molar refractivity (Wildman–Crippen MR) is 120 cm³/mol. The molecule has 0 spiro atoms. The van der Waals surface area contributed by atoms with Gasteiger partial charge in [0.25, 0.3) is 5.56 Å². The molecule has 28 heavy (non-hydrogen) atoms. The monoisotopic (exact) mass is 477 g/mol. The summed E-state index contributed by atoms with van der Waals surface area (Å²) >= 11 is 6.66. The number of benzene rings is 1. The minimum absolute atomic E-state index is 0.0200. The van der Waals surface area contributed by atoms with Gasteiger partial charge in [-0.25, -0.2) is 4.98 Å². The highest BCUT2D eigenvalue weighted by Crippen LogP contribution is 2.33. The third-order valence-electron chi connectivity index (χ3n) is 4.69. The van der Waals surface area contributed by atoms with Crippen molar-refractivity contribution in [2.24, 2.45) is 0 Å². The maximum atomic E-state index is 12.5. The molecule has 0 atom stereocenters. The molecular formula is C20H20BrN3O2S2. The van der Waals surface area contributed by atoms with Crippen molar-refractivity contribution in [1.82, 2.24) is 9.97 Å². The molecule has 2 heterocycles. The van der Waals surface area contributed by atoms with Crippen LogP contribution in [-0.2, 0) is 23.4 Å². The summed E-state index contributed by atoms with van der Waals surface area (Å²) in [5, 5.41) is 3.68. The first-order valence-corrected chi connectivity index (χ1v) is 12.0. The smallest absolute Gasteiger partial charge is 0.259 e. The maximum Gasteiger partial charge on any atom is 0.259 e. The van der Waals surface area contributed by atoms with Crippen molar-refractivity contribution < 1.29 is 4.79 Å². The van der Waals surface area contributed by atoms with Crippen molar-refractivity contribution in [3.63, 3.8) is 0 Å². The molecule has 1 aromatic carbocycles. The van der Waals surface area contributed by atoms with Crippen LogP contribution >= 0.6 is 39.0 Å². The highest BCUT2D eigenvalue weighted by atomic mass is 79.9. The average molecular weight is 478 g/mol. The van der Waals surface area contributed by atoms with Gasteiger partial charge in [0, 0.05) is 27.2 Å². The number of thioether (sulfide) groups is 1. The van der Waals surface area contributed by atoms with Crippen molar-refractivity contribution >= 4 is 60.8 Å². The van der Waals surface area contributed by atoms with Gasteiger partial charge in [-0.3, -0.25) is 9.59 Å². The third kappa shape index (κ3) is 4.50. The van der Waals surface area contributed by atoms with E-state index in [1.54, 1.807) is 23.1 Å². The number of anilines is 1. The van der Waals surface area contributed by atoms with Crippen molar-refractivity contribution in [3.05, 3.63) is 55.4 Å². The summed E-state index contributed by atoms with van der Waals surface area (Å²) in [6.45, 7) is 0. The minimum Gasteiger partial charge on any atom is -0.326 e. The van der Waals surface area contributed by atoms with Crippen LogP contribution < -0.4 is 10.9 Å². The van der Waals surface area contributed by atoms with Gasteiger partial charge in [-0.2, -0.15) is 11.8 Å². The lowest BCUT2D eigenvalue weighted by molar-refractivity contribution is -0.115. The summed E-state index contributed by atoms with van der Waals surface area (Å²) in [6, 6.07) is 7.53. The second-order valence-corrected chi connectivity index (χ2v) is 9.87. The normalized spacial score (nSPS) is 13.5. The molecule has 1 aliphatic rings. The van der Waals surface area contributed by atoms with E-state index in [2.05, 4.69) is 31.2 Å². The van der Waals surface area contributed by atoms with Crippen molar-refractivity contribution in [2.45, 2.75) is 37.9 Å². The number of aromatic amines is 1. The second-order valence-electron chi connectivity index (χ2n) is 6.76. The standard InChI is InChI=1S/C20H20BrN3O2S2/c21-12-4-3-5-13(10-12)22-17(25)8-9-27-11-16-23-19(26)18-14-6-1-2-7-15(14)28-20(18)24-16/h3-5,10H,1-2,6-9,11H2,(H,22,25)(H,23,24,26). The molecule has 5 nitrogen and oxygen atoms in total. The van der Waals surface area contributed by atoms with Crippen LogP contribution in [0.5, 0.6) is 0 Å². The number of amides is 1. The van der Waals surface area contributed by atoms with E-state index in [9.17, 15) is 9.59 Å². The number of aryl methyl sites for hydroxylation is 2. The van der Waals surface area contributed by atoms with Gasteiger partial charge in [0.1, 0.15) is 10.7 Å². The number of nitrogens with zero attached hydrogens (tertiary/aromatic N) is 1. The second kappa shape index (κ2) is 8.80. The van der Waals surface area contributed by atoms with E-state index in [4.69, 9.17) is 0 Å². The largest absolute Gasteiger partial charge is 0.326 e. The molecule has 146 valence electrons. The Kier molecular flexibility index (Phi) is 6.18. The van der Waals surface area contributed by atoms with E-state index in [1.165, 1.54) is 16.9 Å². The quantitative estimate of drug-likeness (QED) is 0.495. The van der Waals surface area contributed by atoms with Gasteiger partial charge in [-0.15, -0.1) is 11.3 Å². The van der Waals surface area contributed by atoms with E-state index in [-0.39, 0.29) is 11.5 Å². The molecule has 4 rings (SSSR count). The summed E-state index contributed by atoms with van der Waals surface area (Å²) < 4.78 is 0.931. The van der Waals surface area contributed by atoms with E-state index >= 15 is 0 Å². The highest BCUT2D eigenvalue weighted by molar-refractivity contribution is 9.10. The van der Waals surface area contributed by atoms with Gasteiger partial charge < -0.3 is 10.3 Å². The molecule has 8 heteroatoms. The number of rotatable bonds is 6. The van der Waals surface area contributed by atoms with Gasteiger partial charge in [-0.1, -0.05) is 22.0 Å². The van der Waals surface area contributed by atoms with Crippen LogP contribution in [0, 0.1) is 0 Å². The van der Waals surface area contributed by atoms with E-state index in [0.717, 1.165) is 39.6 Å². The molecule has 1 aliphatic carbocycles. The van der Waals surface area contributed by atoms with Crippen molar-refractivity contribution in [2.75, 3.05) is 11.1 Å². The van der Waals surface area contributed by atoms with Crippen LogP contribution in [0.1, 0.15) is 35.5 Å². The molecule has 0 saturated heterocycles. The summed E-state index contributed by atoms with van der Waals surface area (Å²) in [4.78, 5) is 34.4. The molecule has 3 aromatic rings. The van der Waals surface area contributed by atoms with E-state index in [0.29, 0.717) is 23.8 Å². The average Bonchev–Trinajstić information content (AvgIpc) is 3.04. The van der Waals surface area contributed by atoms with Gasteiger partial charge >= 0.3 is 0 Å². The number of carbonyl (C=O) groups excluding carboxylic acids is 1. The number of hydrogen-bond acceptors (Lipinski definition) is 5. The molecule has 0 fully saturated rings. The molecular weight excluding hydrogens is 458 g/mol. The maximum absolute atomic E-state index is 12.5. The number of aromatic nitrogens is 2. The Hall–Kier alpha value is -1.64. The van der Waals surface area contributed by atoms with Crippen LogP contribution in [-0.4, -0.2) is 21.6 Å². The number of thiophene rings is 1. The number of carbonyl (C=O) groups is 1. The van der Waals surface area contributed by atoms with E-state index < -0.39 is 0 Å². The minimum atomic E-state index is -0.0209. The molecule has 0 radical (unpaired) electrons. The Labute approximate surface area is 179 Å². The van der Waals surface area contributed by atoms with Gasteiger partial charge in [0.15, 0.2) is 0 Å². The lowest BCUT2D eigenvalue weighted by atomic mass is 9.97. The molecule has 0 bridgehead atoms. The molecule has 2 N–H and O–H groups in total. The Balaban J connectivity index is 1.33. The SMILES string of the molecule is O=C(CCSCc1nc2sc3c(c2c(=O)[nH]1)CCCC3)Nc1cccc(Br)c1. The topological polar surface area (TPSA) is 74.8 Å². The highest BCUT2D eigenvalue weighted by Gasteiger charge is 2.19. The zero-order valence-corrected chi connectivity index (χ0v) is 18.4. The molecule has 0 aliphatic heterocycles. The zero-order chi connectivity index (χ0) is 19.5. The van der Waals surface area contributed by atoms with Crippen molar-refractivity contribution in [3.8, 4) is 0 Å². The Morgan fingerprint density at radius 1 is 1.32 bits per heavy atom. The predicted octanol–water partition coefficient (Wildman–Crippen LogP) is 4.89. The van der Waals surface area contributed by atoms with Gasteiger partial charge in [0.05, 0.1) is 11.1 Å².